The smallest absolute Gasteiger partial charge is 0.0982 e. The van der Waals surface area contributed by atoms with Crippen molar-refractivity contribution in [2.45, 2.75) is 25.6 Å². The number of rotatable bonds is 4. The summed E-state index contributed by atoms with van der Waals surface area (Å²) in [6.45, 7) is 2.50. The Morgan fingerprint density at radius 1 is 1.05 bits per heavy atom. The zero-order chi connectivity index (χ0) is 13.8. The largest absolute Gasteiger partial charge is 0.386 e. The van der Waals surface area contributed by atoms with Crippen LogP contribution in [0.5, 0.6) is 0 Å². The van der Waals surface area contributed by atoms with E-state index in [1.54, 1.807) is 0 Å². The van der Waals surface area contributed by atoms with Crippen LogP contribution in [0.3, 0.4) is 0 Å². The average Bonchev–Trinajstić information content (AvgIpc) is 2.46. The first-order chi connectivity index (χ1) is 9.13. The second-order valence-corrected chi connectivity index (χ2v) is 4.77. The molecule has 0 bridgehead atoms. The number of aryl methyl sites for hydroxylation is 1. The number of aliphatic hydroxyl groups excluding tert-OH is 1. The van der Waals surface area contributed by atoms with Crippen molar-refractivity contribution < 1.29 is 5.11 Å². The predicted molar refractivity (Wildman–Crippen MR) is 77.4 cm³/mol. The predicted octanol–water partition coefficient (Wildman–Crippen LogP) is 2.19. The molecule has 1 unspecified atom stereocenters. The Balaban J connectivity index is 2.24. The van der Waals surface area contributed by atoms with E-state index in [0.717, 1.165) is 22.3 Å². The van der Waals surface area contributed by atoms with Gasteiger partial charge in [0.05, 0.1) is 12.1 Å². The van der Waals surface area contributed by atoms with Crippen molar-refractivity contribution in [3.63, 3.8) is 0 Å². The van der Waals surface area contributed by atoms with Gasteiger partial charge in [-0.3, -0.25) is 0 Å². The summed E-state index contributed by atoms with van der Waals surface area (Å²) in [7, 11) is 0. The van der Waals surface area contributed by atoms with Crippen LogP contribution in [0.1, 0.15) is 34.4 Å². The van der Waals surface area contributed by atoms with E-state index in [1.807, 2.05) is 55.5 Å². The van der Waals surface area contributed by atoms with Gasteiger partial charge >= 0.3 is 0 Å². The fourth-order valence-corrected chi connectivity index (χ4v) is 2.20. The van der Waals surface area contributed by atoms with E-state index >= 15 is 0 Å². The highest BCUT2D eigenvalue weighted by Crippen LogP contribution is 2.27. The summed E-state index contributed by atoms with van der Waals surface area (Å²) in [6, 6.07) is 15.0. The standard InChI is InChI=1S/C16H20N2O/c1-11-9-13(7-8-14(11)10-17)16(19)15(18)12-5-3-2-4-6-12/h2-9,15-16,19H,10,17-18H2,1H3/t15-,16?/m1/s1. The molecule has 0 aromatic heterocycles. The van der Waals surface area contributed by atoms with Crippen molar-refractivity contribution in [3.8, 4) is 0 Å². The molecule has 2 aromatic rings. The summed E-state index contributed by atoms with van der Waals surface area (Å²) in [5.74, 6) is 0. The molecule has 2 atom stereocenters. The Morgan fingerprint density at radius 2 is 1.74 bits per heavy atom. The van der Waals surface area contributed by atoms with E-state index in [-0.39, 0.29) is 0 Å². The van der Waals surface area contributed by atoms with Crippen molar-refractivity contribution in [2.75, 3.05) is 0 Å². The van der Waals surface area contributed by atoms with Crippen LogP contribution in [0.15, 0.2) is 48.5 Å². The Labute approximate surface area is 113 Å². The van der Waals surface area contributed by atoms with Gasteiger partial charge in [0.25, 0.3) is 0 Å². The van der Waals surface area contributed by atoms with Gasteiger partial charge in [-0.05, 0) is 29.2 Å². The maximum absolute atomic E-state index is 10.4. The Hall–Kier alpha value is -1.68. The fraction of sp³-hybridized carbons (Fsp3) is 0.250. The fourth-order valence-electron chi connectivity index (χ4n) is 2.20. The van der Waals surface area contributed by atoms with Gasteiger partial charge in [-0.1, -0.05) is 48.5 Å². The summed E-state index contributed by atoms with van der Waals surface area (Å²) >= 11 is 0. The molecule has 0 radical (unpaired) electrons. The van der Waals surface area contributed by atoms with Crippen molar-refractivity contribution in [3.05, 3.63) is 70.8 Å². The van der Waals surface area contributed by atoms with Crippen molar-refractivity contribution in [1.29, 1.82) is 0 Å². The number of benzene rings is 2. The number of nitrogens with two attached hydrogens (primary N) is 2. The van der Waals surface area contributed by atoms with E-state index in [4.69, 9.17) is 11.5 Å². The molecule has 0 saturated carbocycles. The van der Waals surface area contributed by atoms with Gasteiger partial charge in [0.15, 0.2) is 0 Å². The lowest BCUT2D eigenvalue weighted by atomic mass is 9.94. The molecule has 2 aromatic carbocycles. The Bertz CT molecular complexity index is 540. The van der Waals surface area contributed by atoms with Gasteiger partial charge in [-0.25, -0.2) is 0 Å². The molecule has 0 saturated heterocycles. The maximum atomic E-state index is 10.4. The molecule has 5 N–H and O–H groups in total. The van der Waals surface area contributed by atoms with Crippen molar-refractivity contribution >= 4 is 0 Å². The van der Waals surface area contributed by atoms with Crippen LogP contribution < -0.4 is 11.5 Å². The maximum Gasteiger partial charge on any atom is 0.0982 e. The molecule has 3 nitrogen and oxygen atoms in total. The zero-order valence-corrected chi connectivity index (χ0v) is 11.1. The molecule has 0 heterocycles. The van der Waals surface area contributed by atoms with Crippen LogP contribution >= 0.6 is 0 Å². The SMILES string of the molecule is Cc1cc(C(O)[C@H](N)c2ccccc2)ccc1CN. The van der Waals surface area contributed by atoms with E-state index in [2.05, 4.69) is 0 Å². The van der Waals surface area contributed by atoms with E-state index in [9.17, 15) is 5.11 Å². The van der Waals surface area contributed by atoms with E-state index in [1.165, 1.54) is 0 Å². The van der Waals surface area contributed by atoms with E-state index < -0.39 is 12.1 Å². The third-order valence-corrected chi connectivity index (χ3v) is 3.45. The molecule has 2 rings (SSSR count). The molecule has 0 aliphatic heterocycles. The van der Waals surface area contributed by atoms with Gasteiger partial charge in [0.1, 0.15) is 0 Å². The van der Waals surface area contributed by atoms with Gasteiger partial charge in [0.2, 0.25) is 0 Å². The molecule has 3 heteroatoms. The molecular formula is C16H20N2O. The number of hydrogen-bond donors (Lipinski definition) is 3. The zero-order valence-electron chi connectivity index (χ0n) is 11.1. The molecule has 0 aliphatic rings. The molecule has 0 fully saturated rings. The summed E-state index contributed by atoms with van der Waals surface area (Å²) in [5.41, 5.74) is 15.7. The molecular weight excluding hydrogens is 236 g/mol. The second-order valence-electron chi connectivity index (χ2n) is 4.77. The quantitative estimate of drug-likeness (QED) is 0.785. The highest BCUT2D eigenvalue weighted by Gasteiger charge is 2.18. The normalized spacial score (nSPS) is 14.1. The molecule has 0 spiro atoms. The highest BCUT2D eigenvalue weighted by atomic mass is 16.3. The van der Waals surface area contributed by atoms with Crippen LogP contribution in [-0.2, 0) is 6.54 Å². The lowest BCUT2D eigenvalue weighted by Gasteiger charge is -2.20. The van der Waals surface area contributed by atoms with Crippen LogP contribution in [0.2, 0.25) is 0 Å². The number of hydrogen-bond acceptors (Lipinski definition) is 3. The molecule has 19 heavy (non-hydrogen) atoms. The van der Waals surface area contributed by atoms with Gasteiger partial charge in [0, 0.05) is 6.54 Å². The average molecular weight is 256 g/mol. The first-order valence-electron chi connectivity index (χ1n) is 6.41. The van der Waals surface area contributed by atoms with Crippen molar-refractivity contribution in [2.24, 2.45) is 11.5 Å². The molecule has 0 aliphatic carbocycles. The summed E-state index contributed by atoms with van der Waals surface area (Å²) in [4.78, 5) is 0. The van der Waals surface area contributed by atoms with Crippen LogP contribution in [0.4, 0.5) is 0 Å². The second kappa shape index (κ2) is 5.97. The van der Waals surface area contributed by atoms with Gasteiger partial charge < -0.3 is 16.6 Å². The van der Waals surface area contributed by atoms with Crippen LogP contribution in [-0.4, -0.2) is 5.11 Å². The minimum absolute atomic E-state index is 0.427. The summed E-state index contributed by atoms with van der Waals surface area (Å²) in [5, 5.41) is 10.4. The molecule has 0 amide bonds. The topological polar surface area (TPSA) is 72.3 Å². The lowest BCUT2D eigenvalue weighted by molar-refractivity contribution is 0.147. The first-order valence-corrected chi connectivity index (χ1v) is 6.41. The van der Waals surface area contributed by atoms with Crippen LogP contribution in [0, 0.1) is 6.92 Å². The van der Waals surface area contributed by atoms with Gasteiger partial charge in [-0.15, -0.1) is 0 Å². The monoisotopic (exact) mass is 256 g/mol. The van der Waals surface area contributed by atoms with Crippen molar-refractivity contribution in [1.82, 2.24) is 0 Å². The third kappa shape index (κ3) is 3.01. The number of aliphatic hydroxyl groups is 1. The van der Waals surface area contributed by atoms with E-state index in [0.29, 0.717) is 6.54 Å². The summed E-state index contributed by atoms with van der Waals surface area (Å²) in [6.07, 6.45) is -0.715. The van der Waals surface area contributed by atoms with Gasteiger partial charge in [-0.2, -0.15) is 0 Å². The molecule has 100 valence electrons. The summed E-state index contributed by atoms with van der Waals surface area (Å²) < 4.78 is 0. The third-order valence-electron chi connectivity index (χ3n) is 3.45. The minimum atomic E-state index is -0.715. The van der Waals surface area contributed by atoms with Crippen LogP contribution in [0.25, 0.3) is 0 Å². The highest BCUT2D eigenvalue weighted by molar-refractivity contribution is 5.34. The lowest BCUT2D eigenvalue weighted by Crippen LogP contribution is -2.19. The Morgan fingerprint density at radius 3 is 2.32 bits per heavy atom. The minimum Gasteiger partial charge on any atom is -0.386 e. The Kier molecular flexibility index (Phi) is 4.32. The first kappa shape index (κ1) is 13.7.